The molecule has 0 fully saturated rings. The van der Waals surface area contributed by atoms with Gasteiger partial charge in [0.15, 0.2) is 0 Å². The van der Waals surface area contributed by atoms with E-state index in [2.05, 4.69) is 42.5 Å². The maximum Gasteiger partial charge on any atom is 0.115 e. The molecule has 32 heavy (non-hydrogen) atoms. The van der Waals surface area contributed by atoms with Gasteiger partial charge >= 0.3 is 0 Å². The van der Waals surface area contributed by atoms with Crippen molar-refractivity contribution in [1.82, 2.24) is 9.97 Å². The van der Waals surface area contributed by atoms with Crippen molar-refractivity contribution in [3.63, 3.8) is 0 Å². The van der Waals surface area contributed by atoms with E-state index in [0.717, 1.165) is 41.6 Å². The highest BCUT2D eigenvalue weighted by molar-refractivity contribution is 7.20. The van der Waals surface area contributed by atoms with Crippen LogP contribution < -0.4 is 11.5 Å². The molecule has 1 atom stereocenters. The van der Waals surface area contributed by atoms with Gasteiger partial charge in [-0.05, 0) is 35.9 Å². The molecule has 0 radical (unpaired) electrons. The van der Waals surface area contributed by atoms with E-state index in [4.69, 9.17) is 21.4 Å². The standard InChI is InChI=1S/C26H20N4S2/c27-18-8-2-1-7-16(18)17-15-26(14-13-19(17)28,24-29-20-9-3-5-11-22(20)31-24)25-30-21-10-4-6-12-23(21)32-25/h1-15,19H,27-28H2. The fourth-order valence-corrected chi connectivity index (χ4v) is 6.51. The average molecular weight is 453 g/mol. The van der Waals surface area contributed by atoms with Crippen LogP contribution in [0.25, 0.3) is 26.0 Å². The van der Waals surface area contributed by atoms with Crippen LogP contribution in [0.4, 0.5) is 5.69 Å². The first-order valence-electron chi connectivity index (χ1n) is 10.4. The molecule has 5 aromatic rings. The van der Waals surface area contributed by atoms with Crippen molar-refractivity contribution in [1.29, 1.82) is 0 Å². The number of para-hydroxylation sites is 3. The molecule has 1 unspecified atom stereocenters. The Balaban J connectivity index is 1.65. The molecule has 0 aliphatic heterocycles. The first-order chi connectivity index (χ1) is 15.6. The number of fused-ring (bicyclic) bond motifs is 2. The zero-order valence-electron chi connectivity index (χ0n) is 17.1. The minimum Gasteiger partial charge on any atom is -0.398 e. The lowest BCUT2D eigenvalue weighted by molar-refractivity contribution is 0.773. The van der Waals surface area contributed by atoms with Crippen molar-refractivity contribution in [2.24, 2.45) is 5.73 Å². The number of rotatable bonds is 3. The van der Waals surface area contributed by atoms with Gasteiger partial charge < -0.3 is 11.5 Å². The number of hydrogen-bond donors (Lipinski definition) is 2. The molecule has 0 spiro atoms. The van der Waals surface area contributed by atoms with Crippen LogP contribution in [-0.2, 0) is 5.41 Å². The molecule has 6 rings (SSSR count). The third-order valence-corrected chi connectivity index (χ3v) is 8.25. The summed E-state index contributed by atoms with van der Waals surface area (Å²) in [5.41, 5.74) is 16.9. The second-order valence-corrected chi connectivity index (χ2v) is 9.98. The lowest BCUT2D eigenvalue weighted by Gasteiger charge is -2.30. The molecule has 2 heterocycles. The Morgan fingerprint density at radius 2 is 1.31 bits per heavy atom. The van der Waals surface area contributed by atoms with Gasteiger partial charge in [0.1, 0.15) is 15.4 Å². The summed E-state index contributed by atoms with van der Waals surface area (Å²) in [4.78, 5) is 10.1. The van der Waals surface area contributed by atoms with Gasteiger partial charge in [0, 0.05) is 17.3 Å². The molecule has 1 aliphatic carbocycles. The average Bonchev–Trinajstić information content (AvgIpc) is 3.45. The number of thiazole rings is 2. The molecule has 3 aromatic carbocycles. The van der Waals surface area contributed by atoms with Crippen LogP contribution in [0.5, 0.6) is 0 Å². The van der Waals surface area contributed by atoms with Gasteiger partial charge in [-0.15, -0.1) is 22.7 Å². The summed E-state index contributed by atoms with van der Waals surface area (Å²) in [6.07, 6.45) is 6.44. The molecule has 6 heteroatoms. The maximum atomic E-state index is 6.56. The number of aromatic nitrogens is 2. The summed E-state index contributed by atoms with van der Waals surface area (Å²) >= 11 is 3.40. The molecule has 2 aromatic heterocycles. The molecule has 4 nitrogen and oxygen atoms in total. The highest BCUT2D eigenvalue weighted by Crippen LogP contribution is 2.46. The van der Waals surface area contributed by atoms with Crippen LogP contribution in [0, 0.1) is 0 Å². The quantitative estimate of drug-likeness (QED) is 0.270. The first-order valence-corrected chi connectivity index (χ1v) is 12.0. The third kappa shape index (κ3) is 2.99. The Labute approximate surface area is 193 Å². The Kier molecular flexibility index (Phi) is 4.47. The first kappa shape index (κ1) is 19.4. The van der Waals surface area contributed by atoms with Crippen LogP contribution in [0.2, 0.25) is 0 Å². The third-order valence-electron chi connectivity index (χ3n) is 5.88. The monoisotopic (exact) mass is 452 g/mol. The summed E-state index contributed by atoms with van der Waals surface area (Å²) in [5, 5.41) is 1.96. The second-order valence-electron chi connectivity index (χ2n) is 7.91. The smallest absolute Gasteiger partial charge is 0.115 e. The van der Waals surface area contributed by atoms with Crippen molar-refractivity contribution in [3.8, 4) is 0 Å². The van der Waals surface area contributed by atoms with E-state index in [-0.39, 0.29) is 6.04 Å². The van der Waals surface area contributed by atoms with E-state index in [1.165, 1.54) is 0 Å². The normalized spacial score (nSPS) is 17.7. The molecule has 156 valence electrons. The van der Waals surface area contributed by atoms with Gasteiger partial charge in [0.2, 0.25) is 0 Å². The van der Waals surface area contributed by atoms with Crippen molar-refractivity contribution < 1.29 is 0 Å². The molecule has 0 amide bonds. The maximum absolute atomic E-state index is 6.56. The van der Waals surface area contributed by atoms with E-state index >= 15 is 0 Å². The van der Waals surface area contributed by atoms with E-state index in [0.29, 0.717) is 5.69 Å². The van der Waals surface area contributed by atoms with Crippen molar-refractivity contribution in [2.45, 2.75) is 11.5 Å². The Morgan fingerprint density at radius 3 is 1.91 bits per heavy atom. The van der Waals surface area contributed by atoms with E-state index in [9.17, 15) is 0 Å². The number of benzene rings is 3. The molecular formula is C26H20N4S2. The zero-order valence-corrected chi connectivity index (χ0v) is 18.7. The molecule has 0 saturated carbocycles. The summed E-state index contributed by atoms with van der Waals surface area (Å²) < 4.78 is 2.31. The van der Waals surface area contributed by atoms with Crippen molar-refractivity contribution in [2.75, 3.05) is 5.73 Å². The van der Waals surface area contributed by atoms with Crippen LogP contribution in [0.3, 0.4) is 0 Å². The summed E-state index contributed by atoms with van der Waals surface area (Å²) in [5.74, 6) is 0. The van der Waals surface area contributed by atoms with Crippen molar-refractivity contribution in [3.05, 3.63) is 107 Å². The van der Waals surface area contributed by atoms with E-state index in [1.54, 1.807) is 22.7 Å². The number of allylic oxidation sites excluding steroid dienone is 2. The predicted octanol–water partition coefficient (Wildman–Crippen LogP) is 5.76. The number of nitrogens with zero attached hydrogens (tertiary/aromatic N) is 2. The molecular weight excluding hydrogens is 432 g/mol. The lowest BCUT2D eigenvalue weighted by Crippen LogP contribution is -2.31. The Hall–Kier alpha value is -3.32. The SMILES string of the molecule is Nc1ccccc1C1=CC(c2nc3ccccc3s2)(c2nc3ccccc3s2)C=CC1N. The number of nitrogens with two attached hydrogens (primary N) is 2. The topological polar surface area (TPSA) is 77.8 Å². The van der Waals surface area contributed by atoms with Crippen LogP contribution in [0.15, 0.2) is 91.0 Å². The van der Waals surface area contributed by atoms with Crippen LogP contribution >= 0.6 is 22.7 Å². The van der Waals surface area contributed by atoms with Gasteiger partial charge in [-0.1, -0.05) is 60.7 Å². The number of nitrogen functional groups attached to an aromatic ring is 1. The Morgan fingerprint density at radius 1 is 0.750 bits per heavy atom. The molecule has 1 aliphatic rings. The van der Waals surface area contributed by atoms with Crippen LogP contribution in [0.1, 0.15) is 15.6 Å². The van der Waals surface area contributed by atoms with Gasteiger partial charge in [0.05, 0.1) is 20.4 Å². The number of anilines is 1. The summed E-state index contributed by atoms with van der Waals surface area (Å²) in [6.45, 7) is 0. The fourth-order valence-electron chi connectivity index (χ4n) is 4.22. The molecule has 0 bridgehead atoms. The minimum atomic E-state index is -0.610. The van der Waals surface area contributed by atoms with Crippen LogP contribution in [-0.4, -0.2) is 16.0 Å². The lowest BCUT2D eigenvalue weighted by atomic mass is 9.78. The van der Waals surface area contributed by atoms with E-state index < -0.39 is 5.41 Å². The molecule has 0 saturated heterocycles. The predicted molar refractivity (Wildman–Crippen MR) is 136 cm³/mol. The fraction of sp³-hybridized carbons (Fsp3) is 0.0769. The summed E-state index contributed by atoms with van der Waals surface area (Å²) in [7, 11) is 0. The zero-order chi connectivity index (χ0) is 21.7. The minimum absolute atomic E-state index is 0.253. The van der Waals surface area contributed by atoms with Gasteiger partial charge in [0.25, 0.3) is 0 Å². The highest BCUT2D eigenvalue weighted by atomic mass is 32.1. The second kappa shape index (κ2) is 7.38. The van der Waals surface area contributed by atoms with E-state index in [1.807, 2.05) is 48.5 Å². The van der Waals surface area contributed by atoms with Gasteiger partial charge in [-0.2, -0.15) is 0 Å². The Bertz CT molecular complexity index is 1390. The summed E-state index contributed by atoms with van der Waals surface area (Å²) in [6, 6.07) is 24.1. The van der Waals surface area contributed by atoms with Gasteiger partial charge in [-0.3, -0.25) is 0 Å². The molecule has 4 N–H and O–H groups in total. The largest absolute Gasteiger partial charge is 0.398 e. The number of hydrogen-bond acceptors (Lipinski definition) is 6. The van der Waals surface area contributed by atoms with Gasteiger partial charge in [-0.25, -0.2) is 9.97 Å². The van der Waals surface area contributed by atoms with Crippen molar-refractivity contribution >= 4 is 54.4 Å². The highest BCUT2D eigenvalue weighted by Gasteiger charge is 2.40.